The van der Waals surface area contributed by atoms with Gasteiger partial charge in [0, 0.05) is 5.56 Å². The fraction of sp³-hybridized carbons (Fsp3) is 0.357. The van der Waals surface area contributed by atoms with Gasteiger partial charge in [0.15, 0.2) is 5.78 Å². The van der Waals surface area contributed by atoms with E-state index in [1.54, 1.807) is 0 Å². The first-order valence-electron chi connectivity index (χ1n) is 5.79. The molecule has 2 aliphatic carbocycles. The van der Waals surface area contributed by atoms with E-state index in [9.17, 15) is 9.90 Å². The summed E-state index contributed by atoms with van der Waals surface area (Å²) >= 11 is 0. The lowest BCUT2D eigenvalue weighted by atomic mass is 9.94. The molecule has 0 aromatic heterocycles. The van der Waals surface area contributed by atoms with Gasteiger partial charge in [0.05, 0.1) is 6.10 Å². The number of rotatable bonds is 0. The number of ketones is 1. The fourth-order valence-electron chi connectivity index (χ4n) is 2.83. The first-order valence-corrected chi connectivity index (χ1v) is 5.79. The van der Waals surface area contributed by atoms with Crippen molar-refractivity contribution in [3.05, 3.63) is 47.0 Å². The standard InChI is InChI=1S/C14H14O2/c15-13-8-9-4-3-7-10(9)14(16)12-6-2-1-5-11(12)13/h1-2,5-7,9,13,15H,3-4,8H2/t9-,13+/m1/s1. The average Bonchev–Trinajstić information content (AvgIpc) is 2.72. The third kappa shape index (κ3) is 1.34. The molecule has 2 atom stereocenters. The average molecular weight is 214 g/mol. The summed E-state index contributed by atoms with van der Waals surface area (Å²) in [5.41, 5.74) is 2.40. The first-order chi connectivity index (χ1) is 7.77. The molecule has 0 bridgehead atoms. The number of hydrogen-bond donors (Lipinski definition) is 1. The van der Waals surface area contributed by atoms with Crippen LogP contribution in [0.15, 0.2) is 35.9 Å². The van der Waals surface area contributed by atoms with E-state index in [0.29, 0.717) is 12.0 Å². The minimum absolute atomic E-state index is 0.120. The molecule has 0 heterocycles. The molecule has 2 aliphatic rings. The van der Waals surface area contributed by atoms with E-state index < -0.39 is 6.10 Å². The second kappa shape index (κ2) is 3.56. The van der Waals surface area contributed by atoms with Crippen LogP contribution in [0.4, 0.5) is 0 Å². The van der Waals surface area contributed by atoms with E-state index in [-0.39, 0.29) is 11.7 Å². The summed E-state index contributed by atoms with van der Waals surface area (Å²) in [7, 11) is 0. The molecule has 1 aromatic carbocycles. The van der Waals surface area contributed by atoms with Crippen molar-refractivity contribution in [3.63, 3.8) is 0 Å². The van der Waals surface area contributed by atoms with Gasteiger partial charge in [0.2, 0.25) is 0 Å². The van der Waals surface area contributed by atoms with Crippen molar-refractivity contribution in [3.8, 4) is 0 Å². The van der Waals surface area contributed by atoms with E-state index in [1.807, 2.05) is 30.3 Å². The van der Waals surface area contributed by atoms with Gasteiger partial charge in [-0.05, 0) is 36.3 Å². The molecule has 3 rings (SSSR count). The van der Waals surface area contributed by atoms with Crippen LogP contribution in [-0.2, 0) is 0 Å². The van der Waals surface area contributed by atoms with Crippen LogP contribution < -0.4 is 0 Å². The van der Waals surface area contributed by atoms with Crippen molar-refractivity contribution in [2.45, 2.75) is 25.4 Å². The van der Waals surface area contributed by atoms with Crippen LogP contribution in [0.25, 0.3) is 0 Å². The second-order valence-electron chi connectivity index (χ2n) is 4.60. The maximum absolute atomic E-state index is 12.3. The molecule has 0 fully saturated rings. The zero-order chi connectivity index (χ0) is 11.1. The van der Waals surface area contributed by atoms with Crippen LogP contribution in [-0.4, -0.2) is 10.9 Å². The molecule has 0 saturated carbocycles. The van der Waals surface area contributed by atoms with Crippen LogP contribution in [0.1, 0.15) is 41.3 Å². The molecule has 2 nitrogen and oxygen atoms in total. The largest absolute Gasteiger partial charge is 0.388 e. The molecule has 0 unspecified atom stereocenters. The number of aliphatic hydroxyl groups excluding tert-OH is 1. The van der Waals surface area contributed by atoms with Crippen molar-refractivity contribution in [1.29, 1.82) is 0 Å². The van der Waals surface area contributed by atoms with Gasteiger partial charge < -0.3 is 5.11 Å². The number of carbonyl (C=O) groups is 1. The number of hydrogen-bond acceptors (Lipinski definition) is 2. The fourth-order valence-corrected chi connectivity index (χ4v) is 2.83. The Kier molecular flexibility index (Phi) is 2.18. The van der Waals surface area contributed by atoms with E-state index in [1.165, 1.54) is 0 Å². The molecule has 0 aliphatic heterocycles. The Labute approximate surface area is 94.6 Å². The Morgan fingerprint density at radius 2 is 2.06 bits per heavy atom. The number of allylic oxidation sites excluding steroid dienone is 2. The lowest BCUT2D eigenvalue weighted by Crippen LogP contribution is -2.07. The maximum atomic E-state index is 12.3. The number of fused-ring (bicyclic) bond motifs is 2. The molecule has 1 N–H and O–H groups in total. The van der Waals surface area contributed by atoms with Gasteiger partial charge in [0.1, 0.15) is 0 Å². The summed E-state index contributed by atoms with van der Waals surface area (Å²) < 4.78 is 0. The molecule has 0 saturated heterocycles. The Morgan fingerprint density at radius 3 is 2.94 bits per heavy atom. The monoisotopic (exact) mass is 214 g/mol. The Bertz CT molecular complexity index is 473. The minimum atomic E-state index is -0.492. The minimum Gasteiger partial charge on any atom is -0.388 e. The van der Waals surface area contributed by atoms with Crippen molar-refractivity contribution in [2.24, 2.45) is 5.92 Å². The molecule has 0 spiro atoms. The van der Waals surface area contributed by atoms with Crippen molar-refractivity contribution >= 4 is 5.78 Å². The predicted octanol–water partition coefficient (Wildman–Crippen LogP) is 2.64. The van der Waals surface area contributed by atoms with Gasteiger partial charge in [-0.3, -0.25) is 4.79 Å². The molecular formula is C14H14O2. The Balaban J connectivity index is 2.16. The predicted molar refractivity (Wildman–Crippen MR) is 61.2 cm³/mol. The summed E-state index contributed by atoms with van der Waals surface area (Å²) in [4.78, 5) is 12.3. The second-order valence-corrected chi connectivity index (χ2v) is 4.60. The topological polar surface area (TPSA) is 37.3 Å². The third-order valence-corrected chi connectivity index (χ3v) is 3.65. The molecule has 0 amide bonds. The number of aliphatic hydroxyl groups is 1. The lowest BCUT2D eigenvalue weighted by Gasteiger charge is -2.13. The summed E-state index contributed by atoms with van der Waals surface area (Å²) in [6.45, 7) is 0. The van der Waals surface area contributed by atoms with Gasteiger partial charge in [-0.15, -0.1) is 0 Å². The van der Waals surface area contributed by atoms with E-state index in [4.69, 9.17) is 0 Å². The van der Waals surface area contributed by atoms with Crippen molar-refractivity contribution in [2.75, 3.05) is 0 Å². The maximum Gasteiger partial charge on any atom is 0.189 e. The third-order valence-electron chi connectivity index (χ3n) is 3.65. The van der Waals surface area contributed by atoms with Gasteiger partial charge in [-0.25, -0.2) is 0 Å². The Hall–Kier alpha value is -1.41. The molecule has 1 aromatic rings. The summed E-state index contributed by atoms with van der Waals surface area (Å²) in [6, 6.07) is 7.42. The van der Waals surface area contributed by atoms with Crippen LogP contribution in [0, 0.1) is 5.92 Å². The zero-order valence-electron chi connectivity index (χ0n) is 9.02. The van der Waals surface area contributed by atoms with Gasteiger partial charge in [0.25, 0.3) is 0 Å². The van der Waals surface area contributed by atoms with Crippen LogP contribution in [0.2, 0.25) is 0 Å². The zero-order valence-corrected chi connectivity index (χ0v) is 9.02. The molecular weight excluding hydrogens is 200 g/mol. The summed E-state index contributed by atoms with van der Waals surface area (Å²) in [6.07, 6.45) is 4.22. The highest BCUT2D eigenvalue weighted by Gasteiger charge is 2.33. The lowest BCUT2D eigenvalue weighted by molar-refractivity contribution is 0.102. The summed E-state index contributed by atoms with van der Waals surface area (Å²) in [5.74, 6) is 0.379. The highest BCUT2D eigenvalue weighted by Crippen LogP contribution is 2.40. The van der Waals surface area contributed by atoms with Crippen LogP contribution in [0.5, 0.6) is 0 Å². The van der Waals surface area contributed by atoms with E-state index in [2.05, 4.69) is 0 Å². The van der Waals surface area contributed by atoms with Gasteiger partial charge >= 0.3 is 0 Å². The molecule has 0 radical (unpaired) electrons. The van der Waals surface area contributed by atoms with Crippen LogP contribution >= 0.6 is 0 Å². The number of benzene rings is 1. The van der Waals surface area contributed by atoms with Crippen LogP contribution in [0.3, 0.4) is 0 Å². The first kappa shape index (κ1) is 9.79. The highest BCUT2D eigenvalue weighted by atomic mass is 16.3. The number of carbonyl (C=O) groups excluding carboxylic acids is 1. The normalized spacial score (nSPS) is 28.1. The van der Waals surface area contributed by atoms with Crippen molar-refractivity contribution < 1.29 is 9.90 Å². The SMILES string of the molecule is O=C1C2=CCC[C@@H]2C[C@H](O)c2ccccc21. The van der Waals surface area contributed by atoms with Gasteiger partial charge in [-0.2, -0.15) is 0 Å². The molecule has 16 heavy (non-hydrogen) atoms. The molecule has 2 heteroatoms. The Morgan fingerprint density at radius 1 is 1.25 bits per heavy atom. The van der Waals surface area contributed by atoms with Crippen molar-refractivity contribution in [1.82, 2.24) is 0 Å². The van der Waals surface area contributed by atoms with E-state index >= 15 is 0 Å². The highest BCUT2D eigenvalue weighted by molar-refractivity contribution is 6.10. The summed E-state index contributed by atoms with van der Waals surface area (Å²) in [5, 5.41) is 10.1. The number of Topliss-reactive ketones (excluding diaryl/α,β-unsaturated/α-hetero) is 1. The smallest absolute Gasteiger partial charge is 0.189 e. The molecule has 82 valence electrons. The quantitative estimate of drug-likeness (QED) is 0.720. The van der Waals surface area contributed by atoms with Gasteiger partial charge in [-0.1, -0.05) is 30.3 Å². The van der Waals surface area contributed by atoms with E-state index in [0.717, 1.165) is 24.0 Å².